The van der Waals surface area contributed by atoms with Gasteiger partial charge in [0.2, 0.25) is 5.91 Å². The standard InChI is InChI=1S/C21H21ClN4O2S/c1-28-17-11-10-15(13-16(17)22)26-19(14-7-3-2-4-8-14)24-25-21(26)29-18-9-5-6-12-23-20(18)27/h2-4,7-8,10-11,13,18H,5-6,9,12H2,1H3,(H,23,27). The largest absolute Gasteiger partial charge is 0.495 e. The lowest BCUT2D eigenvalue weighted by Crippen LogP contribution is -2.30. The van der Waals surface area contributed by atoms with E-state index in [2.05, 4.69) is 15.5 Å². The number of carbonyl (C=O) groups excluding carboxylic acids is 1. The molecule has 2 heterocycles. The van der Waals surface area contributed by atoms with Crippen LogP contribution in [-0.4, -0.2) is 39.6 Å². The Morgan fingerprint density at radius 2 is 2.00 bits per heavy atom. The third-order valence-electron chi connectivity index (χ3n) is 4.79. The summed E-state index contributed by atoms with van der Waals surface area (Å²) < 4.78 is 7.23. The molecule has 2 aromatic carbocycles. The van der Waals surface area contributed by atoms with E-state index >= 15 is 0 Å². The summed E-state index contributed by atoms with van der Waals surface area (Å²) in [5.74, 6) is 1.35. The molecule has 150 valence electrons. The van der Waals surface area contributed by atoms with E-state index in [1.807, 2.05) is 53.1 Å². The Balaban J connectivity index is 1.78. The van der Waals surface area contributed by atoms with Crippen LogP contribution in [0.15, 0.2) is 53.7 Å². The Hall–Kier alpha value is -2.51. The van der Waals surface area contributed by atoms with Gasteiger partial charge in [0.15, 0.2) is 11.0 Å². The van der Waals surface area contributed by atoms with Crippen LogP contribution in [-0.2, 0) is 4.79 Å². The molecule has 0 aliphatic carbocycles. The van der Waals surface area contributed by atoms with Crippen LogP contribution in [0.2, 0.25) is 5.02 Å². The van der Waals surface area contributed by atoms with Gasteiger partial charge in [-0.25, -0.2) is 0 Å². The van der Waals surface area contributed by atoms with Gasteiger partial charge in [-0.05, 0) is 31.0 Å². The highest BCUT2D eigenvalue weighted by atomic mass is 35.5. The molecular formula is C21H21ClN4O2S. The molecule has 6 nitrogen and oxygen atoms in total. The first-order valence-corrected chi connectivity index (χ1v) is 10.7. The summed E-state index contributed by atoms with van der Waals surface area (Å²) >= 11 is 7.83. The van der Waals surface area contributed by atoms with Gasteiger partial charge >= 0.3 is 0 Å². The molecule has 1 saturated heterocycles. The molecule has 29 heavy (non-hydrogen) atoms. The zero-order valence-electron chi connectivity index (χ0n) is 16.0. The van der Waals surface area contributed by atoms with E-state index in [-0.39, 0.29) is 11.2 Å². The predicted molar refractivity (Wildman–Crippen MR) is 115 cm³/mol. The van der Waals surface area contributed by atoms with Crippen LogP contribution >= 0.6 is 23.4 Å². The summed E-state index contributed by atoms with van der Waals surface area (Å²) in [5, 5.41) is 12.8. The van der Waals surface area contributed by atoms with Crippen LogP contribution in [0.25, 0.3) is 17.1 Å². The van der Waals surface area contributed by atoms with Crippen molar-refractivity contribution in [3.05, 3.63) is 53.6 Å². The molecule has 1 aliphatic heterocycles. The van der Waals surface area contributed by atoms with Crippen LogP contribution in [0, 0.1) is 0 Å². The number of amides is 1. The molecule has 1 aromatic heterocycles. The topological polar surface area (TPSA) is 69.0 Å². The fraction of sp³-hybridized carbons (Fsp3) is 0.286. The number of carbonyl (C=O) groups is 1. The summed E-state index contributed by atoms with van der Waals surface area (Å²) in [6.45, 7) is 0.728. The van der Waals surface area contributed by atoms with Crippen molar-refractivity contribution in [1.82, 2.24) is 20.1 Å². The van der Waals surface area contributed by atoms with Gasteiger partial charge in [-0.2, -0.15) is 0 Å². The molecule has 1 atom stereocenters. The number of rotatable bonds is 5. The van der Waals surface area contributed by atoms with Gasteiger partial charge in [-0.1, -0.05) is 60.1 Å². The fourth-order valence-electron chi connectivity index (χ4n) is 3.30. The molecule has 3 aromatic rings. The number of nitrogens with one attached hydrogen (secondary N) is 1. The van der Waals surface area contributed by atoms with Crippen LogP contribution in [0.3, 0.4) is 0 Å². The number of methoxy groups -OCH3 is 1. The molecule has 0 radical (unpaired) electrons. The van der Waals surface area contributed by atoms with E-state index in [0.717, 1.165) is 37.1 Å². The average molecular weight is 429 g/mol. The van der Waals surface area contributed by atoms with E-state index < -0.39 is 0 Å². The molecule has 0 bridgehead atoms. The van der Waals surface area contributed by atoms with Crippen LogP contribution in [0.4, 0.5) is 0 Å². The van der Waals surface area contributed by atoms with Crippen molar-refractivity contribution >= 4 is 29.3 Å². The number of nitrogens with zero attached hydrogens (tertiary/aromatic N) is 3. The van der Waals surface area contributed by atoms with Crippen molar-refractivity contribution in [3.8, 4) is 22.8 Å². The van der Waals surface area contributed by atoms with Crippen LogP contribution < -0.4 is 10.1 Å². The monoisotopic (exact) mass is 428 g/mol. The minimum atomic E-state index is -0.196. The van der Waals surface area contributed by atoms with E-state index in [9.17, 15) is 4.79 Å². The number of aromatic nitrogens is 3. The maximum Gasteiger partial charge on any atom is 0.233 e. The predicted octanol–water partition coefficient (Wildman–Crippen LogP) is 4.36. The Morgan fingerprint density at radius 3 is 2.76 bits per heavy atom. The SMILES string of the molecule is COc1ccc(-n2c(SC3CCCCNC3=O)nnc2-c2ccccc2)cc1Cl. The van der Waals surface area contributed by atoms with Crippen LogP contribution in [0.5, 0.6) is 5.75 Å². The first kappa shape index (κ1) is 19.8. The van der Waals surface area contributed by atoms with Crippen molar-refractivity contribution in [3.63, 3.8) is 0 Å². The number of halogens is 1. The van der Waals surface area contributed by atoms with Crippen molar-refractivity contribution in [2.75, 3.05) is 13.7 Å². The zero-order chi connectivity index (χ0) is 20.2. The molecule has 1 fully saturated rings. The molecule has 1 amide bonds. The van der Waals surface area contributed by atoms with Crippen LogP contribution in [0.1, 0.15) is 19.3 Å². The zero-order valence-corrected chi connectivity index (χ0v) is 17.5. The van der Waals surface area contributed by atoms with Gasteiger partial charge < -0.3 is 10.1 Å². The maximum absolute atomic E-state index is 12.5. The first-order valence-electron chi connectivity index (χ1n) is 9.46. The highest BCUT2D eigenvalue weighted by Crippen LogP contribution is 2.34. The fourth-order valence-corrected chi connectivity index (χ4v) is 4.67. The number of hydrogen-bond donors (Lipinski definition) is 1. The van der Waals surface area contributed by atoms with Gasteiger partial charge in [0.1, 0.15) is 5.75 Å². The molecule has 1 aliphatic rings. The van der Waals surface area contributed by atoms with E-state index in [0.29, 0.717) is 21.8 Å². The highest BCUT2D eigenvalue weighted by molar-refractivity contribution is 8.00. The Morgan fingerprint density at radius 1 is 1.17 bits per heavy atom. The van der Waals surface area contributed by atoms with E-state index in [1.54, 1.807) is 7.11 Å². The second kappa shape index (κ2) is 8.88. The lowest BCUT2D eigenvalue weighted by Gasteiger charge is -2.15. The number of benzene rings is 2. The van der Waals surface area contributed by atoms with E-state index in [4.69, 9.17) is 16.3 Å². The third-order valence-corrected chi connectivity index (χ3v) is 6.30. The second-order valence-corrected chi connectivity index (χ2v) is 8.30. The van der Waals surface area contributed by atoms with Crippen molar-refractivity contribution in [1.29, 1.82) is 0 Å². The summed E-state index contributed by atoms with van der Waals surface area (Å²) in [4.78, 5) is 12.5. The minimum Gasteiger partial charge on any atom is -0.495 e. The van der Waals surface area contributed by atoms with Crippen molar-refractivity contribution in [2.45, 2.75) is 29.7 Å². The molecule has 0 saturated carbocycles. The Bertz CT molecular complexity index is 1010. The summed E-state index contributed by atoms with van der Waals surface area (Å²) in [5.41, 5.74) is 1.75. The summed E-state index contributed by atoms with van der Waals surface area (Å²) in [6.07, 6.45) is 2.82. The summed E-state index contributed by atoms with van der Waals surface area (Å²) in [6, 6.07) is 15.4. The third kappa shape index (κ3) is 4.26. The van der Waals surface area contributed by atoms with Crippen molar-refractivity contribution in [2.24, 2.45) is 0 Å². The molecule has 0 spiro atoms. The van der Waals surface area contributed by atoms with Gasteiger partial charge in [0.05, 0.1) is 23.1 Å². The smallest absolute Gasteiger partial charge is 0.233 e. The minimum absolute atomic E-state index is 0.0519. The average Bonchev–Trinajstić information content (AvgIpc) is 3.05. The Labute approximate surface area is 178 Å². The van der Waals surface area contributed by atoms with Gasteiger partial charge in [-0.3, -0.25) is 9.36 Å². The summed E-state index contributed by atoms with van der Waals surface area (Å²) in [7, 11) is 1.58. The Kier molecular flexibility index (Phi) is 6.06. The lowest BCUT2D eigenvalue weighted by atomic mass is 10.2. The molecule has 1 N–H and O–H groups in total. The van der Waals surface area contributed by atoms with Gasteiger partial charge in [-0.15, -0.1) is 10.2 Å². The first-order chi connectivity index (χ1) is 14.2. The lowest BCUT2D eigenvalue weighted by molar-refractivity contribution is -0.120. The second-order valence-electron chi connectivity index (χ2n) is 6.72. The van der Waals surface area contributed by atoms with E-state index in [1.165, 1.54) is 11.8 Å². The molecule has 8 heteroatoms. The van der Waals surface area contributed by atoms with Crippen molar-refractivity contribution < 1.29 is 9.53 Å². The molecular weight excluding hydrogens is 408 g/mol. The number of ether oxygens (including phenoxy) is 1. The molecule has 4 rings (SSSR count). The van der Waals surface area contributed by atoms with Gasteiger partial charge in [0.25, 0.3) is 0 Å². The van der Waals surface area contributed by atoms with Gasteiger partial charge in [0, 0.05) is 12.1 Å². The maximum atomic E-state index is 12.5. The molecule has 1 unspecified atom stereocenters. The highest BCUT2D eigenvalue weighted by Gasteiger charge is 2.26. The number of hydrogen-bond acceptors (Lipinski definition) is 5. The quantitative estimate of drug-likeness (QED) is 0.654. The normalized spacial score (nSPS) is 16.9. The number of thioether (sulfide) groups is 1.